The number of nitrogens with one attached hydrogen (secondary N) is 1. The quantitative estimate of drug-likeness (QED) is 0.792. The summed E-state index contributed by atoms with van der Waals surface area (Å²) in [5.74, 6) is -0.225. The smallest absolute Gasteiger partial charge is 0.292 e. The Balaban J connectivity index is 2.10. The average Bonchev–Trinajstić information content (AvgIpc) is 2.70. The van der Waals surface area contributed by atoms with Gasteiger partial charge in [0.25, 0.3) is 5.91 Å². The van der Waals surface area contributed by atoms with Gasteiger partial charge in [0.2, 0.25) is 5.78 Å². The van der Waals surface area contributed by atoms with Crippen molar-refractivity contribution in [1.82, 2.24) is 5.16 Å². The molecular weight excluding hydrogens is 244 g/mol. The number of benzene rings is 1. The minimum absolute atomic E-state index is 0.156. The van der Waals surface area contributed by atoms with Gasteiger partial charge in [-0.15, -0.1) is 0 Å². The van der Waals surface area contributed by atoms with Crippen LogP contribution in [0, 0.1) is 13.8 Å². The number of hydrogen-bond acceptors (Lipinski definition) is 4. The summed E-state index contributed by atoms with van der Waals surface area (Å²) in [7, 11) is 0. The van der Waals surface area contributed by atoms with E-state index < -0.39 is 11.7 Å². The van der Waals surface area contributed by atoms with Gasteiger partial charge in [0.1, 0.15) is 5.76 Å². The minimum atomic E-state index is -0.552. The number of ketones is 1. The lowest BCUT2D eigenvalue weighted by Crippen LogP contribution is -2.29. The largest absolute Gasteiger partial charge is 0.361 e. The van der Waals surface area contributed by atoms with Crippen molar-refractivity contribution >= 4 is 17.4 Å². The first kappa shape index (κ1) is 11.6. The summed E-state index contributed by atoms with van der Waals surface area (Å²) >= 11 is 0. The van der Waals surface area contributed by atoms with Gasteiger partial charge in [-0.05, 0) is 31.0 Å². The van der Waals surface area contributed by atoms with Crippen molar-refractivity contribution in [3.8, 4) is 11.1 Å². The SMILES string of the molecule is Cc1noc(C)c1-c1ccc2c(c1)NC(=O)C(=O)C2. The van der Waals surface area contributed by atoms with E-state index in [1.165, 1.54) is 0 Å². The third kappa shape index (κ3) is 1.83. The van der Waals surface area contributed by atoms with Crippen molar-refractivity contribution in [2.24, 2.45) is 0 Å². The van der Waals surface area contributed by atoms with Crippen molar-refractivity contribution in [2.75, 3.05) is 5.32 Å². The molecule has 0 radical (unpaired) electrons. The Bertz CT molecular complexity index is 681. The number of nitrogens with zero attached hydrogens (tertiary/aromatic N) is 1. The van der Waals surface area contributed by atoms with E-state index >= 15 is 0 Å². The molecule has 1 N–H and O–H groups in total. The van der Waals surface area contributed by atoms with E-state index in [9.17, 15) is 9.59 Å². The fraction of sp³-hybridized carbons (Fsp3) is 0.214. The monoisotopic (exact) mass is 256 g/mol. The number of carbonyl (C=O) groups excluding carboxylic acids is 2. The van der Waals surface area contributed by atoms with E-state index in [4.69, 9.17) is 4.52 Å². The first-order valence-corrected chi connectivity index (χ1v) is 5.96. The second kappa shape index (κ2) is 4.05. The van der Waals surface area contributed by atoms with E-state index in [-0.39, 0.29) is 6.42 Å². The number of anilines is 1. The molecule has 0 bridgehead atoms. The van der Waals surface area contributed by atoms with Gasteiger partial charge in [0.05, 0.1) is 5.69 Å². The number of hydrogen-bond donors (Lipinski definition) is 1. The highest BCUT2D eigenvalue weighted by Crippen LogP contribution is 2.31. The molecule has 0 fully saturated rings. The topological polar surface area (TPSA) is 72.2 Å². The van der Waals surface area contributed by atoms with Crippen molar-refractivity contribution in [3.05, 3.63) is 35.2 Å². The molecule has 19 heavy (non-hydrogen) atoms. The molecule has 1 aromatic carbocycles. The molecule has 0 saturated carbocycles. The lowest BCUT2D eigenvalue weighted by atomic mass is 9.96. The molecule has 0 aliphatic carbocycles. The zero-order valence-corrected chi connectivity index (χ0v) is 10.6. The summed E-state index contributed by atoms with van der Waals surface area (Å²) in [6.45, 7) is 3.71. The second-order valence-electron chi connectivity index (χ2n) is 4.63. The molecule has 96 valence electrons. The van der Waals surface area contributed by atoms with Gasteiger partial charge in [-0.1, -0.05) is 17.3 Å². The molecule has 5 heteroatoms. The summed E-state index contributed by atoms with van der Waals surface area (Å²) < 4.78 is 5.14. The van der Waals surface area contributed by atoms with E-state index in [1.807, 2.05) is 32.0 Å². The van der Waals surface area contributed by atoms with Gasteiger partial charge in [-0.25, -0.2) is 0 Å². The molecule has 5 nitrogen and oxygen atoms in total. The molecule has 2 aromatic rings. The molecule has 0 saturated heterocycles. The number of aryl methyl sites for hydroxylation is 2. The number of fused-ring (bicyclic) bond motifs is 1. The Morgan fingerprint density at radius 1 is 1.26 bits per heavy atom. The van der Waals surface area contributed by atoms with Crippen molar-refractivity contribution < 1.29 is 14.1 Å². The predicted molar refractivity (Wildman–Crippen MR) is 68.8 cm³/mol. The van der Waals surface area contributed by atoms with Crippen LogP contribution < -0.4 is 5.32 Å². The fourth-order valence-electron chi connectivity index (χ4n) is 2.34. The third-order valence-corrected chi connectivity index (χ3v) is 3.28. The Hall–Kier alpha value is -2.43. The fourth-order valence-corrected chi connectivity index (χ4v) is 2.34. The highest BCUT2D eigenvalue weighted by Gasteiger charge is 2.24. The molecular formula is C14H12N2O3. The van der Waals surface area contributed by atoms with E-state index in [0.717, 1.165) is 28.1 Å². The van der Waals surface area contributed by atoms with Gasteiger partial charge >= 0.3 is 0 Å². The van der Waals surface area contributed by atoms with Crippen LogP contribution >= 0.6 is 0 Å². The van der Waals surface area contributed by atoms with Gasteiger partial charge in [0, 0.05) is 17.7 Å². The zero-order chi connectivity index (χ0) is 13.6. The minimum Gasteiger partial charge on any atom is -0.361 e. The normalized spacial score (nSPS) is 14.2. The average molecular weight is 256 g/mol. The lowest BCUT2D eigenvalue weighted by molar-refractivity contribution is -0.134. The van der Waals surface area contributed by atoms with Crippen LogP contribution in [0.5, 0.6) is 0 Å². The van der Waals surface area contributed by atoms with Crippen LogP contribution in [0.3, 0.4) is 0 Å². The molecule has 2 heterocycles. The van der Waals surface area contributed by atoms with E-state index in [2.05, 4.69) is 10.5 Å². The van der Waals surface area contributed by atoms with Crippen LogP contribution in [-0.2, 0) is 16.0 Å². The van der Waals surface area contributed by atoms with Gasteiger partial charge in [-0.2, -0.15) is 0 Å². The standard InChI is InChI=1S/C14H12N2O3/c1-7-13(8(2)19-16-7)10-4-3-9-6-12(17)14(18)15-11(9)5-10/h3-5H,6H2,1-2H3,(H,15,18). The molecule has 1 aliphatic heterocycles. The van der Waals surface area contributed by atoms with Gasteiger partial charge in [-0.3, -0.25) is 9.59 Å². The first-order valence-electron chi connectivity index (χ1n) is 5.96. The molecule has 1 aromatic heterocycles. The third-order valence-electron chi connectivity index (χ3n) is 3.28. The van der Waals surface area contributed by atoms with Crippen LogP contribution in [-0.4, -0.2) is 16.8 Å². The summed E-state index contributed by atoms with van der Waals surface area (Å²) in [4.78, 5) is 22.7. The van der Waals surface area contributed by atoms with Gasteiger partial charge < -0.3 is 9.84 Å². The van der Waals surface area contributed by atoms with Crippen LogP contribution in [0.2, 0.25) is 0 Å². The Morgan fingerprint density at radius 3 is 2.74 bits per heavy atom. The molecule has 0 atom stereocenters. The van der Waals surface area contributed by atoms with Crippen LogP contribution in [0.25, 0.3) is 11.1 Å². The molecule has 1 amide bonds. The van der Waals surface area contributed by atoms with Crippen molar-refractivity contribution in [3.63, 3.8) is 0 Å². The van der Waals surface area contributed by atoms with E-state index in [1.54, 1.807) is 0 Å². The van der Waals surface area contributed by atoms with Crippen LogP contribution in [0.1, 0.15) is 17.0 Å². The lowest BCUT2D eigenvalue weighted by Gasteiger charge is -2.16. The molecule has 3 rings (SSSR count). The summed E-state index contributed by atoms with van der Waals surface area (Å²) in [5, 5.41) is 6.53. The first-order chi connectivity index (χ1) is 9.06. The highest BCUT2D eigenvalue weighted by molar-refractivity contribution is 6.42. The van der Waals surface area contributed by atoms with Crippen LogP contribution in [0.4, 0.5) is 5.69 Å². The number of rotatable bonds is 1. The van der Waals surface area contributed by atoms with Crippen molar-refractivity contribution in [1.29, 1.82) is 0 Å². The second-order valence-corrected chi connectivity index (χ2v) is 4.63. The number of carbonyl (C=O) groups is 2. The van der Waals surface area contributed by atoms with E-state index in [0.29, 0.717) is 5.69 Å². The molecule has 0 unspecified atom stereocenters. The Kier molecular flexibility index (Phi) is 2.48. The number of amides is 1. The number of Topliss-reactive ketones (excluding diaryl/α,β-unsaturated/α-hetero) is 1. The van der Waals surface area contributed by atoms with Crippen LogP contribution in [0.15, 0.2) is 22.7 Å². The van der Waals surface area contributed by atoms with Gasteiger partial charge in [0.15, 0.2) is 0 Å². The number of aromatic nitrogens is 1. The predicted octanol–water partition coefficient (Wildman–Crippen LogP) is 2.02. The Labute approximate surface area is 109 Å². The highest BCUT2D eigenvalue weighted by atomic mass is 16.5. The zero-order valence-electron chi connectivity index (χ0n) is 10.6. The maximum atomic E-state index is 11.4. The maximum absolute atomic E-state index is 11.4. The summed E-state index contributed by atoms with van der Waals surface area (Å²) in [6.07, 6.45) is 0.156. The van der Waals surface area contributed by atoms with Crippen molar-refractivity contribution in [2.45, 2.75) is 20.3 Å². The molecule has 1 aliphatic rings. The summed E-state index contributed by atoms with van der Waals surface area (Å²) in [6, 6.07) is 5.62. The Morgan fingerprint density at radius 2 is 2.05 bits per heavy atom. The summed E-state index contributed by atoms with van der Waals surface area (Å²) in [5.41, 5.74) is 4.16. The molecule has 0 spiro atoms. The maximum Gasteiger partial charge on any atom is 0.292 e.